The Morgan fingerprint density at radius 3 is 2.68 bits per heavy atom. The summed E-state index contributed by atoms with van der Waals surface area (Å²) in [5, 5.41) is 3.94. The third-order valence-electron chi connectivity index (χ3n) is 4.58. The fourth-order valence-corrected chi connectivity index (χ4v) is 5.21. The minimum atomic E-state index is -3.72. The van der Waals surface area contributed by atoms with Crippen molar-refractivity contribution in [3.05, 3.63) is 41.3 Å². The maximum absolute atomic E-state index is 13.4. The van der Waals surface area contributed by atoms with Crippen LogP contribution in [0.4, 0.5) is 0 Å². The topological polar surface area (TPSA) is 72.6 Å². The highest BCUT2D eigenvalue weighted by Crippen LogP contribution is 2.37. The van der Waals surface area contributed by atoms with Crippen LogP contribution in [0.25, 0.3) is 0 Å². The average molecular weight is 364 g/mol. The minimum Gasteiger partial charge on any atom is -0.495 e. The number of ether oxygens (including phenoxy) is 1. The highest BCUT2D eigenvalue weighted by molar-refractivity contribution is 7.89. The van der Waals surface area contributed by atoms with Gasteiger partial charge in [0, 0.05) is 12.6 Å². The Morgan fingerprint density at radius 1 is 1.20 bits per heavy atom. The largest absolute Gasteiger partial charge is 0.495 e. The van der Waals surface area contributed by atoms with Crippen molar-refractivity contribution in [3.63, 3.8) is 0 Å². The molecule has 0 radical (unpaired) electrons. The molecule has 1 aromatic carbocycles. The van der Waals surface area contributed by atoms with Crippen LogP contribution in [0.1, 0.15) is 48.7 Å². The maximum Gasteiger partial charge on any atom is 0.247 e. The fourth-order valence-electron chi connectivity index (χ4n) is 3.31. The number of aromatic nitrogens is 1. The third-order valence-corrected chi connectivity index (χ3v) is 6.51. The first kappa shape index (κ1) is 17.9. The molecule has 2 aromatic rings. The molecule has 1 atom stereocenters. The highest BCUT2D eigenvalue weighted by atomic mass is 32.2. The predicted molar refractivity (Wildman–Crippen MR) is 94.1 cm³/mol. The van der Waals surface area contributed by atoms with Crippen LogP contribution < -0.4 is 4.74 Å². The van der Waals surface area contributed by atoms with Crippen molar-refractivity contribution in [1.29, 1.82) is 0 Å². The monoisotopic (exact) mass is 364 g/mol. The average Bonchev–Trinajstić information content (AvgIpc) is 2.86. The molecule has 2 heterocycles. The van der Waals surface area contributed by atoms with Crippen LogP contribution >= 0.6 is 0 Å². The van der Waals surface area contributed by atoms with E-state index in [2.05, 4.69) is 5.16 Å². The van der Waals surface area contributed by atoms with E-state index < -0.39 is 10.0 Å². The molecule has 0 saturated carbocycles. The maximum atomic E-state index is 13.4. The molecule has 1 aliphatic rings. The molecule has 0 spiro atoms. The van der Waals surface area contributed by atoms with Gasteiger partial charge < -0.3 is 9.26 Å². The van der Waals surface area contributed by atoms with Gasteiger partial charge in [-0.15, -0.1) is 0 Å². The number of rotatable bonds is 4. The first-order valence-corrected chi connectivity index (χ1v) is 9.97. The Hall–Kier alpha value is -1.86. The molecule has 0 bridgehead atoms. The summed E-state index contributed by atoms with van der Waals surface area (Å²) < 4.78 is 39.2. The summed E-state index contributed by atoms with van der Waals surface area (Å²) in [5.74, 6) is 0.969. The minimum absolute atomic E-state index is 0.207. The summed E-state index contributed by atoms with van der Waals surface area (Å²) in [4.78, 5) is 0.207. The molecule has 1 fully saturated rings. The van der Waals surface area contributed by atoms with E-state index in [9.17, 15) is 8.42 Å². The second-order valence-electron chi connectivity index (χ2n) is 6.51. The Bertz CT molecular complexity index is 845. The molecule has 3 rings (SSSR count). The normalized spacial score (nSPS) is 19.6. The van der Waals surface area contributed by atoms with Gasteiger partial charge in [0.2, 0.25) is 10.0 Å². The van der Waals surface area contributed by atoms with Crippen LogP contribution in [0.3, 0.4) is 0 Å². The quantitative estimate of drug-likeness (QED) is 0.829. The van der Waals surface area contributed by atoms with Crippen molar-refractivity contribution in [2.45, 2.75) is 50.5 Å². The van der Waals surface area contributed by atoms with E-state index in [0.717, 1.165) is 36.9 Å². The number of sulfonamides is 1. The second-order valence-corrected chi connectivity index (χ2v) is 8.36. The summed E-state index contributed by atoms with van der Waals surface area (Å²) in [5.41, 5.74) is 1.63. The summed E-state index contributed by atoms with van der Waals surface area (Å²) >= 11 is 0. The van der Waals surface area contributed by atoms with Gasteiger partial charge in [-0.25, -0.2) is 8.42 Å². The Labute approximate surface area is 148 Å². The van der Waals surface area contributed by atoms with Crippen LogP contribution in [0.2, 0.25) is 0 Å². The molecule has 0 unspecified atom stereocenters. The van der Waals surface area contributed by atoms with E-state index >= 15 is 0 Å². The lowest BCUT2D eigenvalue weighted by Crippen LogP contribution is -2.35. The molecule has 0 amide bonds. The van der Waals surface area contributed by atoms with Gasteiger partial charge in [0.25, 0.3) is 0 Å². The van der Waals surface area contributed by atoms with Crippen molar-refractivity contribution >= 4 is 10.0 Å². The molecule has 6 nitrogen and oxygen atoms in total. The van der Waals surface area contributed by atoms with Gasteiger partial charge in [-0.2, -0.15) is 4.31 Å². The zero-order chi connectivity index (χ0) is 18.0. The molecular weight excluding hydrogens is 340 g/mol. The van der Waals surface area contributed by atoms with E-state index in [1.54, 1.807) is 16.4 Å². The summed E-state index contributed by atoms with van der Waals surface area (Å²) in [6.45, 7) is 4.17. The lowest BCUT2D eigenvalue weighted by molar-refractivity contribution is 0.257. The van der Waals surface area contributed by atoms with E-state index in [-0.39, 0.29) is 10.9 Å². The first-order chi connectivity index (χ1) is 11.9. The van der Waals surface area contributed by atoms with Gasteiger partial charge in [-0.1, -0.05) is 24.1 Å². The lowest BCUT2D eigenvalue weighted by Gasteiger charge is -2.28. The SMILES string of the molecule is COc1ccc(C)cc1S(=O)(=O)N1CCCCC[C@@H]1c1cc(C)no1. The number of aryl methyl sites for hydroxylation is 2. The molecule has 136 valence electrons. The number of hydrogen-bond acceptors (Lipinski definition) is 5. The number of hydrogen-bond donors (Lipinski definition) is 0. The van der Waals surface area contributed by atoms with E-state index in [1.165, 1.54) is 7.11 Å². The van der Waals surface area contributed by atoms with Crippen molar-refractivity contribution in [2.75, 3.05) is 13.7 Å². The first-order valence-electron chi connectivity index (χ1n) is 8.53. The smallest absolute Gasteiger partial charge is 0.247 e. The number of nitrogens with zero attached hydrogens (tertiary/aromatic N) is 2. The Balaban J connectivity index is 2.08. The molecule has 0 aliphatic carbocycles. The van der Waals surface area contributed by atoms with Crippen molar-refractivity contribution in [1.82, 2.24) is 9.46 Å². The summed E-state index contributed by atoms with van der Waals surface area (Å²) in [7, 11) is -2.23. The van der Waals surface area contributed by atoms with E-state index in [4.69, 9.17) is 9.26 Å². The third kappa shape index (κ3) is 3.57. The number of methoxy groups -OCH3 is 1. The van der Waals surface area contributed by atoms with Crippen LogP contribution in [0, 0.1) is 13.8 Å². The van der Waals surface area contributed by atoms with Gasteiger partial charge in [0.05, 0.1) is 18.8 Å². The molecular formula is C18H24N2O4S. The molecule has 1 aromatic heterocycles. The summed E-state index contributed by atoms with van der Waals surface area (Å²) in [6, 6.07) is 6.71. The van der Waals surface area contributed by atoms with Gasteiger partial charge in [-0.3, -0.25) is 0 Å². The molecule has 7 heteroatoms. The second kappa shape index (κ2) is 7.17. The zero-order valence-electron chi connectivity index (χ0n) is 14.9. The van der Waals surface area contributed by atoms with Crippen molar-refractivity contribution in [3.8, 4) is 5.75 Å². The van der Waals surface area contributed by atoms with Gasteiger partial charge in [0.1, 0.15) is 10.6 Å². The van der Waals surface area contributed by atoms with E-state index in [0.29, 0.717) is 18.1 Å². The summed E-state index contributed by atoms with van der Waals surface area (Å²) in [6.07, 6.45) is 3.51. The molecule has 25 heavy (non-hydrogen) atoms. The Morgan fingerprint density at radius 2 is 2.00 bits per heavy atom. The fraction of sp³-hybridized carbons (Fsp3) is 0.500. The molecule has 0 N–H and O–H groups in total. The zero-order valence-corrected chi connectivity index (χ0v) is 15.7. The standard InChI is InChI=1S/C18H24N2O4S/c1-13-8-9-16(23-3)18(11-13)25(21,22)20-10-6-4-5-7-15(20)17-12-14(2)19-24-17/h8-9,11-12,15H,4-7,10H2,1-3H3/t15-/m1/s1. The van der Waals surface area contributed by atoms with Crippen LogP contribution in [0.5, 0.6) is 5.75 Å². The lowest BCUT2D eigenvalue weighted by atomic mass is 10.1. The Kier molecular flexibility index (Phi) is 5.15. The van der Waals surface area contributed by atoms with E-state index in [1.807, 2.05) is 26.0 Å². The molecule has 1 aliphatic heterocycles. The van der Waals surface area contributed by atoms with Gasteiger partial charge >= 0.3 is 0 Å². The van der Waals surface area contributed by atoms with Crippen LogP contribution in [-0.2, 0) is 10.0 Å². The van der Waals surface area contributed by atoms with Crippen molar-refractivity contribution < 1.29 is 17.7 Å². The number of benzene rings is 1. The van der Waals surface area contributed by atoms with Gasteiger partial charge in [-0.05, 0) is 44.4 Å². The van der Waals surface area contributed by atoms with Gasteiger partial charge in [0.15, 0.2) is 5.76 Å². The predicted octanol–water partition coefficient (Wildman–Crippen LogP) is 3.61. The highest BCUT2D eigenvalue weighted by Gasteiger charge is 2.37. The van der Waals surface area contributed by atoms with Crippen LogP contribution in [-0.4, -0.2) is 31.5 Å². The molecule has 1 saturated heterocycles. The van der Waals surface area contributed by atoms with Crippen molar-refractivity contribution in [2.24, 2.45) is 0 Å². The van der Waals surface area contributed by atoms with Crippen LogP contribution in [0.15, 0.2) is 33.7 Å².